The number of hydrogen-bond acceptors (Lipinski definition) is 2. The third-order valence-electron chi connectivity index (χ3n) is 4.36. The molecule has 4 heterocycles. The van der Waals surface area contributed by atoms with E-state index in [1.807, 2.05) is 12.1 Å². The number of halogens is 1. The number of Topliss-reactive ketones (excluding diaryl/α,β-unsaturated/α-hetero) is 1. The predicted molar refractivity (Wildman–Crippen MR) is 70.7 cm³/mol. The molecule has 1 aromatic heterocycles. The molecule has 4 rings (SSSR count). The van der Waals surface area contributed by atoms with Crippen molar-refractivity contribution in [3.05, 3.63) is 21.3 Å². The van der Waals surface area contributed by atoms with Gasteiger partial charge in [-0.25, -0.2) is 0 Å². The highest BCUT2D eigenvalue weighted by Gasteiger charge is 2.41. The summed E-state index contributed by atoms with van der Waals surface area (Å²) in [5.74, 6) is 1.23. The van der Waals surface area contributed by atoms with Crippen molar-refractivity contribution in [1.82, 2.24) is 0 Å². The van der Waals surface area contributed by atoms with Crippen molar-refractivity contribution in [1.29, 1.82) is 0 Å². The number of quaternary nitrogens is 1. The Kier molecular flexibility index (Phi) is 3.01. The highest BCUT2D eigenvalue weighted by Crippen LogP contribution is 2.34. The fourth-order valence-corrected chi connectivity index (χ4v) is 4.19. The molecule has 2 bridgehead atoms. The lowest BCUT2D eigenvalue weighted by molar-refractivity contribution is -0.935. The zero-order chi connectivity index (χ0) is 11.9. The van der Waals surface area contributed by atoms with Crippen molar-refractivity contribution in [2.75, 3.05) is 26.2 Å². The summed E-state index contributed by atoms with van der Waals surface area (Å²) in [4.78, 5) is 13.1. The summed E-state index contributed by atoms with van der Waals surface area (Å²) in [5, 5.41) is 0. The van der Waals surface area contributed by atoms with Gasteiger partial charge in [-0.05, 0) is 37.3 Å². The van der Waals surface area contributed by atoms with Crippen LogP contribution in [0.5, 0.6) is 0 Å². The van der Waals surface area contributed by atoms with Gasteiger partial charge in [0.2, 0.25) is 5.78 Å². The Labute approximate surface area is 111 Å². The fourth-order valence-electron chi connectivity index (χ4n) is 3.22. The number of hydrogen-bond donors (Lipinski definition) is 0. The minimum Gasteiger partial charge on any atom is -0.317 e. The molecule has 0 unspecified atom stereocenters. The van der Waals surface area contributed by atoms with E-state index >= 15 is 0 Å². The van der Waals surface area contributed by atoms with Gasteiger partial charge in [0.1, 0.15) is 6.54 Å². The lowest BCUT2D eigenvalue weighted by atomic mass is 9.85. The van der Waals surface area contributed by atoms with Crippen LogP contribution in [0.4, 0.5) is 0 Å². The van der Waals surface area contributed by atoms with Crippen molar-refractivity contribution < 1.29 is 9.28 Å². The second kappa shape index (κ2) is 4.38. The number of nitrogens with zero attached hydrogens (tertiary/aromatic N) is 1. The third-order valence-corrected chi connectivity index (χ3v) is 5.63. The van der Waals surface area contributed by atoms with Gasteiger partial charge in [-0.15, -0.1) is 11.3 Å². The Morgan fingerprint density at radius 1 is 1.29 bits per heavy atom. The number of rotatable bonds is 3. The SMILES string of the molecule is O=C(C[N+]12CCC(CC1)CC2)c1ccc(Cl)s1. The minimum absolute atomic E-state index is 0.280. The van der Waals surface area contributed by atoms with E-state index in [1.54, 1.807) is 0 Å². The first-order valence-corrected chi connectivity index (χ1v) is 7.50. The highest BCUT2D eigenvalue weighted by atomic mass is 35.5. The van der Waals surface area contributed by atoms with E-state index in [2.05, 4.69) is 0 Å². The van der Waals surface area contributed by atoms with E-state index in [0.29, 0.717) is 10.9 Å². The van der Waals surface area contributed by atoms with Crippen LogP contribution < -0.4 is 0 Å². The molecule has 0 aromatic carbocycles. The van der Waals surface area contributed by atoms with Gasteiger partial charge in [-0.2, -0.15) is 0 Å². The van der Waals surface area contributed by atoms with Crippen LogP contribution in [0.2, 0.25) is 4.34 Å². The first-order chi connectivity index (χ1) is 8.17. The molecule has 3 aliphatic rings. The molecule has 0 atom stereocenters. The van der Waals surface area contributed by atoms with Crippen molar-refractivity contribution in [3.8, 4) is 0 Å². The molecule has 0 radical (unpaired) electrons. The number of piperidine rings is 3. The number of carbonyl (C=O) groups excluding carboxylic acids is 1. The number of thiophene rings is 1. The van der Waals surface area contributed by atoms with Crippen LogP contribution in [0, 0.1) is 5.92 Å². The Hall–Kier alpha value is -0.380. The van der Waals surface area contributed by atoms with Crippen LogP contribution in [0.3, 0.4) is 0 Å². The highest BCUT2D eigenvalue weighted by molar-refractivity contribution is 7.18. The van der Waals surface area contributed by atoms with E-state index in [-0.39, 0.29) is 5.78 Å². The molecule has 3 saturated heterocycles. The molecule has 0 N–H and O–H groups in total. The summed E-state index contributed by atoms with van der Waals surface area (Å²) < 4.78 is 1.75. The lowest BCUT2D eigenvalue weighted by Gasteiger charge is -2.48. The fraction of sp³-hybridized carbons (Fsp3) is 0.615. The molecule has 0 spiro atoms. The molecule has 3 aliphatic heterocycles. The average molecular weight is 271 g/mol. The first-order valence-electron chi connectivity index (χ1n) is 6.31. The maximum absolute atomic E-state index is 12.2. The van der Waals surface area contributed by atoms with Gasteiger partial charge in [0.15, 0.2) is 0 Å². The predicted octanol–water partition coefficient (Wildman–Crippen LogP) is 3.21. The largest absolute Gasteiger partial charge is 0.317 e. The molecule has 0 saturated carbocycles. The summed E-state index contributed by atoms with van der Waals surface area (Å²) >= 11 is 7.30. The van der Waals surface area contributed by atoms with Gasteiger partial charge >= 0.3 is 0 Å². The minimum atomic E-state index is 0.280. The normalized spacial score (nSPS) is 31.7. The molecule has 2 nitrogen and oxygen atoms in total. The summed E-state index contributed by atoms with van der Waals surface area (Å²) in [5.41, 5.74) is 0. The van der Waals surface area contributed by atoms with Gasteiger partial charge in [0, 0.05) is 0 Å². The zero-order valence-electron chi connectivity index (χ0n) is 9.82. The Bertz CT molecular complexity index is 421. The molecule has 0 aliphatic carbocycles. The number of carbonyl (C=O) groups is 1. The summed E-state index contributed by atoms with van der Waals surface area (Å²) in [7, 11) is 0. The van der Waals surface area contributed by atoms with Crippen molar-refractivity contribution in [2.45, 2.75) is 19.3 Å². The van der Waals surface area contributed by atoms with E-state index in [0.717, 1.165) is 15.3 Å². The Balaban J connectivity index is 1.72. The second-order valence-electron chi connectivity index (χ2n) is 5.43. The van der Waals surface area contributed by atoms with E-state index in [1.165, 1.54) is 50.2 Å². The lowest BCUT2D eigenvalue weighted by Crippen LogP contribution is -2.60. The summed E-state index contributed by atoms with van der Waals surface area (Å²) in [6.07, 6.45) is 3.95. The summed E-state index contributed by atoms with van der Waals surface area (Å²) in [6.45, 7) is 4.30. The average Bonchev–Trinajstić information content (AvgIpc) is 2.78. The smallest absolute Gasteiger partial charge is 0.226 e. The quantitative estimate of drug-likeness (QED) is 0.609. The standard InChI is InChI=1S/C13H17ClNOS/c14-13-2-1-12(17-13)11(16)9-15-6-3-10(4-7-15)5-8-15/h1-2,10H,3-9H2/q+1. The maximum atomic E-state index is 12.2. The number of ketones is 1. The van der Waals surface area contributed by atoms with Gasteiger partial charge < -0.3 is 4.48 Å². The zero-order valence-corrected chi connectivity index (χ0v) is 11.4. The van der Waals surface area contributed by atoms with Crippen LogP contribution in [-0.4, -0.2) is 36.4 Å². The first kappa shape index (κ1) is 11.7. The molecular formula is C13H17ClNOS+. The van der Waals surface area contributed by atoms with Gasteiger partial charge in [0.25, 0.3) is 0 Å². The van der Waals surface area contributed by atoms with Crippen LogP contribution in [0.1, 0.15) is 28.9 Å². The van der Waals surface area contributed by atoms with Gasteiger partial charge in [-0.3, -0.25) is 4.79 Å². The molecular weight excluding hydrogens is 254 g/mol. The van der Waals surface area contributed by atoms with Gasteiger partial charge in [-0.1, -0.05) is 11.6 Å². The third kappa shape index (κ3) is 2.28. The molecule has 4 heteroatoms. The second-order valence-corrected chi connectivity index (χ2v) is 7.14. The molecule has 92 valence electrons. The van der Waals surface area contributed by atoms with Crippen LogP contribution >= 0.6 is 22.9 Å². The Morgan fingerprint density at radius 2 is 1.94 bits per heavy atom. The molecule has 3 fully saturated rings. The van der Waals surface area contributed by atoms with Crippen LogP contribution in [0.15, 0.2) is 12.1 Å². The Morgan fingerprint density at radius 3 is 2.47 bits per heavy atom. The molecule has 0 amide bonds. The van der Waals surface area contributed by atoms with E-state index in [9.17, 15) is 4.79 Å². The topological polar surface area (TPSA) is 17.1 Å². The number of fused-ring (bicyclic) bond motifs is 3. The maximum Gasteiger partial charge on any atom is 0.226 e. The van der Waals surface area contributed by atoms with E-state index < -0.39 is 0 Å². The molecule has 1 aromatic rings. The van der Waals surface area contributed by atoms with Crippen molar-refractivity contribution in [3.63, 3.8) is 0 Å². The van der Waals surface area contributed by atoms with Crippen LogP contribution in [0.25, 0.3) is 0 Å². The summed E-state index contributed by atoms with van der Waals surface area (Å²) in [6, 6.07) is 3.69. The monoisotopic (exact) mass is 270 g/mol. The van der Waals surface area contributed by atoms with Gasteiger partial charge in [0.05, 0.1) is 28.8 Å². The van der Waals surface area contributed by atoms with Crippen molar-refractivity contribution in [2.24, 2.45) is 5.92 Å². The molecule has 17 heavy (non-hydrogen) atoms. The van der Waals surface area contributed by atoms with E-state index in [4.69, 9.17) is 11.6 Å². The van der Waals surface area contributed by atoms with Crippen molar-refractivity contribution >= 4 is 28.7 Å². The van der Waals surface area contributed by atoms with Crippen LogP contribution in [-0.2, 0) is 0 Å².